The van der Waals surface area contributed by atoms with Gasteiger partial charge in [-0.2, -0.15) is 11.8 Å². The van der Waals surface area contributed by atoms with E-state index < -0.39 is 11.8 Å². The quantitative estimate of drug-likeness (QED) is 0.816. The van der Waals surface area contributed by atoms with E-state index in [4.69, 9.17) is 0 Å². The van der Waals surface area contributed by atoms with Crippen LogP contribution in [0.25, 0.3) is 0 Å². The second-order valence-corrected chi connectivity index (χ2v) is 7.33. The minimum absolute atomic E-state index is 0.0229. The second-order valence-electron chi connectivity index (χ2n) is 6.46. The Morgan fingerprint density at radius 2 is 1.64 bits per heavy atom. The highest BCUT2D eigenvalue weighted by atomic mass is 32.2. The normalized spacial score (nSPS) is 17.3. The van der Waals surface area contributed by atoms with Crippen molar-refractivity contribution in [1.82, 2.24) is 15.1 Å². The molecule has 1 saturated heterocycles. The number of nitrogens with zero attached hydrogens (tertiary/aromatic N) is 2. The van der Waals surface area contributed by atoms with Gasteiger partial charge in [0.1, 0.15) is 0 Å². The third-order valence-electron chi connectivity index (χ3n) is 4.47. The molecule has 0 spiro atoms. The number of rotatable bonds is 4. The first-order valence-corrected chi connectivity index (χ1v) is 9.95. The SMILES string of the molecule is CSCc1ccc(C(=O)N2CCN(C(=O)C(=O)NC3CC3)CC2)cc1. The molecule has 1 aromatic carbocycles. The van der Waals surface area contributed by atoms with Crippen LogP contribution >= 0.6 is 11.8 Å². The molecule has 7 heteroatoms. The molecule has 2 fully saturated rings. The number of carbonyl (C=O) groups is 3. The third kappa shape index (κ3) is 4.54. The van der Waals surface area contributed by atoms with Gasteiger partial charge in [0, 0.05) is 43.5 Å². The predicted molar refractivity (Wildman–Crippen MR) is 97.3 cm³/mol. The third-order valence-corrected chi connectivity index (χ3v) is 5.09. The highest BCUT2D eigenvalue weighted by Gasteiger charge is 2.31. The van der Waals surface area contributed by atoms with Crippen molar-refractivity contribution in [2.45, 2.75) is 24.6 Å². The Hall–Kier alpha value is -2.02. The second kappa shape index (κ2) is 7.91. The van der Waals surface area contributed by atoms with Crippen LogP contribution in [-0.2, 0) is 15.3 Å². The summed E-state index contributed by atoms with van der Waals surface area (Å²) >= 11 is 1.74. The first-order valence-electron chi connectivity index (χ1n) is 8.55. The van der Waals surface area contributed by atoms with E-state index in [0.29, 0.717) is 31.7 Å². The van der Waals surface area contributed by atoms with E-state index in [0.717, 1.165) is 18.6 Å². The number of benzene rings is 1. The Morgan fingerprint density at radius 1 is 1.04 bits per heavy atom. The number of piperazine rings is 1. The molecule has 0 aromatic heterocycles. The van der Waals surface area contributed by atoms with Gasteiger partial charge in [-0.25, -0.2) is 0 Å². The lowest BCUT2D eigenvalue weighted by Crippen LogP contribution is -2.54. The van der Waals surface area contributed by atoms with Gasteiger partial charge in [-0.05, 0) is 36.8 Å². The van der Waals surface area contributed by atoms with E-state index in [-0.39, 0.29) is 11.9 Å². The van der Waals surface area contributed by atoms with Crippen LogP contribution < -0.4 is 5.32 Å². The smallest absolute Gasteiger partial charge is 0.312 e. The Kier molecular flexibility index (Phi) is 5.63. The molecule has 0 bridgehead atoms. The summed E-state index contributed by atoms with van der Waals surface area (Å²) < 4.78 is 0. The molecule has 0 unspecified atom stereocenters. The molecule has 3 rings (SSSR count). The predicted octanol–water partition coefficient (Wildman–Crippen LogP) is 1.11. The van der Waals surface area contributed by atoms with Crippen molar-refractivity contribution in [2.75, 3.05) is 32.4 Å². The summed E-state index contributed by atoms with van der Waals surface area (Å²) in [6, 6.07) is 7.84. The topological polar surface area (TPSA) is 69.7 Å². The van der Waals surface area contributed by atoms with Gasteiger partial charge in [-0.3, -0.25) is 14.4 Å². The molecular weight excluding hydrogens is 338 g/mol. The van der Waals surface area contributed by atoms with Crippen LogP contribution in [0.2, 0.25) is 0 Å². The van der Waals surface area contributed by atoms with Crippen LogP contribution in [0.4, 0.5) is 0 Å². The van der Waals surface area contributed by atoms with E-state index in [1.807, 2.05) is 30.5 Å². The summed E-state index contributed by atoms with van der Waals surface area (Å²) in [5.74, 6) is -0.102. The standard InChI is InChI=1S/C18H23N3O3S/c1-25-12-13-2-4-14(5-3-13)17(23)20-8-10-21(11-9-20)18(24)16(22)19-15-6-7-15/h2-5,15H,6-12H2,1H3,(H,19,22). The molecule has 1 aliphatic carbocycles. The highest BCUT2D eigenvalue weighted by Crippen LogP contribution is 2.18. The number of amides is 3. The minimum atomic E-state index is -0.522. The zero-order chi connectivity index (χ0) is 17.8. The van der Waals surface area contributed by atoms with Crippen molar-refractivity contribution in [3.63, 3.8) is 0 Å². The molecule has 1 aliphatic heterocycles. The van der Waals surface area contributed by atoms with Crippen LogP contribution in [0.15, 0.2) is 24.3 Å². The van der Waals surface area contributed by atoms with Gasteiger partial charge in [-0.1, -0.05) is 12.1 Å². The zero-order valence-electron chi connectivity index (χ0n) is 14.4. The summed E-state index contributed by atoms with van der Waals surface area (Å²) in [6.07, 6.45) is 3.96. The van der Waals surface area contributed by atoms with Gasteiger partial charge < -0.3 is 15.1 Å². The van der Waals surface area contributed by atoms with Crippen molar-refractivity contribution < 1.29 is 14.4 Å². The molecule has 1 N–H and O–H groups in total. The minimum Gasteiger partial charge on any atom is -0.345 e. The number of carbonyl (C=O) groups excluding carboxylic acids is 3. The Labute approximate surface area is 151 Å². The molecule has 1 heterocycles. The first kappa shape index (κ1) is 17.8. The maximum Gasteiger partial charge on any atom is 0.312 e. The summed E-state index contributed by atoms with van der Waals surface area (Å²) in [5.41, 5.74) is 1.86. The Bertz CT molecular complexity index is 650. The van der Waals surface area contributed by atoms with E-state index in [1.165, 1.54) is 10.5 Å². The first-order chi connectivity index (χ1) is 12.1. The molecule has 0 radical (unpaired) electrons. The average Bonchev–Trinajstić information content (AvgIpc) is 3.45. The van der Waals surface area contributed by atoms with Crippen molar-refractivity contribution in [3.05, 3.63) is 35.4 Å². The highest BCUT2D eigenvalue weighted by molar-refractivity contribution is 7.97. The molecule has 3 amide bonds. The van der Waals surface area contributed by atoms with Gasteiger partial charge in [0.25, 0.3) is 5.91 Å². The van der Waals surface area contributed by atoms with Crippen LogP contribution in [0, 0.1) is 0 Å². The lowest BCUT2D eigenvalue weighted by molar-refractivity contribution is -0.146. The summed E-state index contributed by atoms with van der Waals surface area (Å²) in [5, 5.41) is 2.71. The Morgan fingerprint density at radius 3 is 2.20 bits per heavy atom. The molecule has 0 atom stereocenters. The van der Waals surface area contributed by atoms with Gasteiger partial charge in [-0.15, -0.1) is 0 Å². The van der Waals surface area contributed by atoms with Gasteiger partial charge in [0.05, 0.1) is 0 Å². The van der Waals surface area contributed by atoms with Crippen molar-refractivity contribution >= 4 is 29.5 Å². The van der Waals surface area contributed by atoms with E-state index >= 15 is 0 Å². The van der Waals surface area contributed by atoms with Gasteiger partial charge in [0.2, 0.25) is 0 Å². The fourth-order valence-electron chi connectivity index (χ4n) is 2.82. The molecule has 134 valence electrons. The van der Waals surface area contributed by atoms with Crippen LogP contribution in [0.5, 0.6) is 0 Å². The molecule has 25 heavy (non-hydrogen) atoms. The number of hydrogen-bond donors (Lipinski definition) is 1. The average molecular weight is 361 g/mol. The molecule has 6 nitrogen and oxygen atoms in total. The summed E-state index contributed by atoms with van der Waals surface area (Å²) in [7, 11) is 0. The lowest BCUT2D eigenvalue weighted by atomic mass is 10.1. The van der Waals surface area contributed by atoms with Crippen LogP contribution in [0.3, 0.4) is 0 Å². The fourth-order valence-corrected chi connectivity index (χ4v) is 3.35. The number of thioether (sulfide) groups is 1. The maximum atomic E-state index is 12.6. The number of nitrogens with one attached hydrogen (secondary N) is 1. The lowest BCUT2D eigenvalue weighted by Gasteiger charge is -2.34. The molecule has 1 saturated carbocycles. The zero-order valence-corrected chi connectivity index (χ0v) is 15.2. The fraction of sp³-hybridized carbons (Fsp3) is 0.500. The maximum absolute atomic E-state index is 12.6. The largest absolute Gasteiger partial charge is 0.345 e. The van der Waals surface area contributed by atoms with E-state index in [1.54, 1.807) is 16.7 Å². The van der Waals surface area contributed by atoms with Gasteiger partial charge >= 0.3 is 11.8 Å². The molecule has 1 aromatic rings. The van der Waals surface area contributed by atoms with E-state index in [2.05, 4.69) is 5.32 Å². The van der Waals surface area contributed by atoms with E-state index in [9.17, 15) is 14.4 Å². The van der Waals surface area contributed by atoms with Gasteiger partial charge in [0.15, 0.2) is 0 Å². The van der Waals surface area contributed by atoms with Crippen molar-refractivity contribution in [3.8, 4) is 0 Å². The Balaban J connectivity index is 1.51. The van der Waals surface area contributed by atoms with Crippen LogP contribution in [-0.4, -0.2) is 66.0 Å². The van der Waals surface area contributed by atoms with Crippen molar-refractivity contribution in [2.24, 2.45) is 0 Å². The number of hydrogen-bond acceptors (Lipinski definition) is 4. The monoisotopic (exact) mass is 361 g/mol. The molecule has 2 aliphatic rings. The van der Waals surface area contributed by atoms with Crippen molar-refractivity contribution in [1.29, 1.82) is 0 Å². The summed E-state index contributed by atoms with van der Waals surface area (Å²) in [6.45, 7) is 1.70. The van der Waals surface area contributed by atoms with Crippen LogP contribution in [0.1, 0.15) is 28.8 Å². The molecular formula is C18H23N3O3S. The summed E-state index contributed by atoms with van der Waals surface area (Å²) in [4.78, 5) is 39.8.